The first-order valence-corrected chi connectivity index (χ1v) is 10.8. The van der Waals surface area contributed by atoms with E-state index in [9.17, 15) is 0 Å². The maximum Gasteiger partial charge on any atom is 0.191 e. The number of methoxy groups -OCH3 is 1. The first-order valence-electron chi connectivity index (χ1n) is 10.5. The van der Waals surface area contributed by atoms with Crippen LogP contribution >= 0.6 is 11.6 Å². The summed E-state index contributed by atoms with van der Waals surface area (Å²) < 4.78 is 5.51. The molecule has 1 aliphatic carbocycles. The summed E-state index contributed by atoms with van der Waals surface area (Å²) in [4.78, 5) is 9.44. The van der Waals surface area contributed by atoms with Crippen molar-refractivity contribution >= 4 is 23.2 Å². The Bertz CT molecular complexity index is 708. The number of ether oxygens (including phenoxy) is 1. The standard InChI is InChI=1S/C21H32ClN5O/c1-23-21(24-12-15-7-9-26(13-15)18-4-5-18)25-17-8-10-27(14-17)19-11-16(22)3-6-20(19)28-2/h3,6,11,15,17-18H,4-5,7-10,12-14H2,1-2H3,(H2,23,24,25). The average Bonchev–Trinajstić information content (AvgIpc) is 3.27. The molecule has 1 saturated carbocycles. The highest BCUT2D eigenvalue weighted by atomic mass is 35.5. The van der Waals surface area contributed by atoms with Crippen molar-refractivity contribution < 1.29 is 4.74 Å². The molecule has 3 aliphatic rings. The molecule has 2 unspecified atom stereocenters. The normalized spacial score (nSPS) is 26.0. The number of halogens is 1. The van der Waals surface area contributed by atoms with Crippen molar-refractivity contribution in [2.24, 2.45) is 10.9 Å². The number of likely N-dealkylation sites (tertiary alicyclic amines) is 1. The average molecular weight is 406 g/mol. The minimum absolute atomic E-state index is 0.362. The second-order valence-corrected chi connectivity index (χ2v) is 8.66. The van der Waals surface area contributed by atoms with Crippen LogP contribution in [0.15, 0.2) is 23.2 Å². The quantitative estimate of drug-likeness (QED) is 0.562. The Morgan fingerprint density at radius 1 is 1.21 bits per heavy atom. The highest BCUT2D eigenvalue weighted by Gasteiger charge is 2.34. The van der Waals surface area contributed by atoms with Gasteiger partial charge in [-0.05, 0) is 56.3 Å². The molecule has 4 rings (SSSR count). The van der Waals surface area contributed by atoms with Gasteiger partial charge in [-0.25, -0.2) is 0 Å². The number of anilines is 1. The zero-order chi connectivity index (χ0) is 19.5. The van der Waals surface area contributed by atoms with Crippen LogP contribution in [0.25, 0.3) is 0 Å². The Kier molecular flexibility index (Phi) is 6.16. The van der Waals surface area contributed by atoms with Gasteiger partial charge in [-0.1, -0.05) is 11.6 Å². The second-order valence-electron chi connectivity index (χ2n) is 8.23. The fraction of sp³-hybridized carbons (Fsp3) is 0.667. The summed E-state index contributed by atoms with van der Waals surface area (Å²) in [5, 5.41) is 7.89. The number of guanidine groups is 1. The number of benzene rings is 1. The molecule has 7 heteroatoms. The first kappa shape index (κ1) is 19.6. The highest BCUT2D eigenvalue weighted by Crippen LogP contribution is 2.33. The number of aliphatic imine (C=N–C) groups is 1. The molecule has 0 amide bonds. The van der Waals surface area contributed by atoms with Gasteiger partial charge in [0.1, 0.15) is 5.75 Å². The molecule has 1 aromatic carbocycles. The van der Waals surface area contributed by atoms with Crippen molar-refractivity contribution in [3.63, 3.8) is 0 Å². The summed E-state index contributed by atoms with van der Waals surface area (Å²) in [7, 11) is 3.56. The third kappa shape index (κ3) is 4.66. The van der Waals surface area contributed by atoms with E-state index in [1.165, 1.54) is 32.4 Å². The van der Waals surface area contributed by atoms with Crippen molar-refractivity contribution in [3.8, 4) is 5.75 Å². The van der Waals surface area contributed by atoms with Crippen molar-refractivity contribution in [2.45, 2.75) is 37.8 Å². The maximum atomic E-state index is 6.20. The Morgan fingerprint density at radius 3 is 2.82 bits per heavy atom. The number of nitrogens with one attached hydrogen (secondary N) is 2. The predicted molar refractivity (Wildman–Crippen MR) is 116 cm³/mol. The fourth-order valence-electron chi connectivity index (χ4n) is 4.44. The van der Waals surface area contributed by atoms with Crippen molar-refractivity contribution in [3.05, 3.63) is 23.2 Å². The van der Waals surface area contributed by atoms with Crippen LogP contribution in [0.4, 0.5) is 5.69 Å². The van der Waals surface area contributed by atoms with Gasteiger partial charge in [0.15, 0.2) is 5.96 Å². The lowest BCUT2D eigenvalue weighted by molar-refractivity contribution is 0.314. The molecule has 0 spiro atoms. The molecule has 2 saturated heterocycles. The third-order valence-electron chi connectivity index (χ3n) is 6.17. The van der Waals surface area contributed by atoms with E-state index in [-0.39, 0.29) is 0 Å². The third-order valence-corrected chi connectivity index (χ3v) is 6.41. The number of hydrogen-bond acceptors (Lipinski definition) is 4. The lowest BCUT2D eigenvalue weighted by Gasteiger charge is -2.23. The van der Waals surface area contributed by atoms with E-state index in [2.05, 4.69) is 25.4 Å². The van der Waals surface area contributed by atoms with Crippen LogP contribution < -0.4 is 20.3 Å². The number of nitrogens with zero attached hydrogens (tertiary/aromatic N) is 3. The molecular weight excluding hydrogens is 374 g/mol. The van der Waals surface area contributed by atoms with Gasteiger partial charge in [0, 0.05) is 50.3 Å². The van der Waals surface area contributed by atoms with Crippen LogP contribution in [0.1, 0.15) is 25.7 Å². The highest BCUT2D eigenvalue weighted by molar-refractivity contribution is 6.30. The van der Waals surface area contributed by atoms with Crippen LogP contribution in [-0.4, -0.2) is 69.8 Å². The lowest BCUT2D eigenvalue weighted by Crippen LogP contribution is -2.46. The van der Waals surface area contributed by atoms with Crippen LogP contribution in [0.2, 0.25) is 5.02 Å². The Labute approximate surface area is 173 Å². The van der Waals surface area contributed by atoms with E-state index in [1.54, 1.807) is 7.11 Å². The van der Waals surface area contributed by atoms with E-state index in [0.717, 1.165) is 60.4 Å². The Morgan fingerprint density at radius 2 is 2.07 bits per heavy atom. The molecule has 6 nitrogen and oxygen atoms in total. The molecule has 0 radical (unpaired) electrons. The summed E-state index contributed by atoms with van der Waals surface area (Å²) in [6.45, 7) is 5.39. The minimum Gasteiger partial charge on any atom is -0.495 e. The monoisotopic (exact) mass is 405 g/mol. The summed E-state index contributed by atoms with van der Waals surface area (Å²) in [5.41, 5.74) is 1.06. The molecule has 0 aromatic heterocycles. The largest absolute Gasteiger partial charge is 0.495 e. The summed E-state index contributed by atoms with van der Waals surface area (Å²) >= 11 is 6.20. The van der Waals surface area contributed by atoms with Gasteiger partial charge < -0.3 is 25.2 Å². The zero-order valence-corrected chi connectivity index (χ0v) is 17.7. The molecule has 2 aliphatic heterocycles. The van der Waals surface area contributed by atoms with Crippen LogP contribution in [0.5, 0.6) is 5.75 Å². The predicted octanol–water partition coefficient (Wildman–Crippen LogP) is 2.58. The Hall–Kier alpha value is -1.66. The Balaban J connectivity index is 1.26. The van der Waals surface area contributed by atoms with E-state index in [1.807, 2.05) is 25.2 Å². The van der Waals surface area contributed by atoms with Gasteiger partial charge in [0.2, 0.25) is 0 Å². The molecule has 28 heavy (non-hydrogen) atoms. The summed E-state index contributed by atoms with van der Waals surface area (Å²) in [6.07, 6.45) is 5.17. The molecule has 2 N–H and O–H groups in total. The van der Waals surface area contributed by atoms with Crippen LogP contribution in [0.3, 0.4) is 0 Å². The van der Waals surface area contributed by atoms with Gasteiger partial charge in [0.05, 0.1) is 12.8 Å². The topological polar surface area (TPSA) is 52.1 Å². The zero-order valence-electron chi connectivity index (χ0n) is 17.0. The van der Waals surface area contributed by atoms with Crippen LogP contribution in [-0.2, 0) is 0 Å². The minimum atomic E-state index is 0.362. The molecule has 2 atom stereocenters. The summed E-state index contributed by atoms with van der Waals surface area (Å²) in [6, 6.07) is 7.04. The molecule has 0 bridgehead atoms. The van der Waals surface area contributed by atoms with E-state index >= 15 is 0 Å². The van der Waals surface area contributed by atoms with Gasteiger partial charge in [-0.3, -0.25) is 4.99 Å². The fourth-order valence-corrected chi connectivity index (χ4v) is 4.60. The maximum absolute atomic E-state index is 6.20. The smallest absolute Gasteiger partial charge is 0.191 e. The molecule has 154 valence electrons. The van der Waals surface area contributed by atoms with E-state index < -0.39 is 0 Å². The molecule has 1 aromatic rings. The lowest BCUT2D eigenvalue weighted by atomic mass is 10.1. The molecule has 2 heterocycles. The van der Waals surface area contributed by atoms with Gasteiger partial charge in [-0.15, -0.1) is 0 Å². The SMILES string of the molecule is CN=C(NCC1CCN(C2CC2)C1)NC1CCN(c2cc(Cl)ccc2OC)C1. The van der Waals surface area contributed by atoms with Gasteiger partial charge in [-0.2, -0.15) is 0 Å². The van der Waals surface area contributed by atoms with Crippen molar-refractivity contribution in [1.82, 2.24) is 15.5 Å². The van der Waals surface area contributed by atoms with Crippen LogP contribution in [0, 0.1) is 5.92 Å². The molecular formula is C21H32ClN5O. The van der Waals surface area contributed by atoms with Crippen molar-refractivity contribution in [2.75, 3.05) is 51.8 Å². The van der Waals surface area contributed by atoms with Crippen molar-refractivity contribution in [1.29, 1.82) is 0 Å². The van der Waals surface area contributed by atoms with Gasteiger partial charge in [0.25, 0.3) is 0 Å². The van der Waals surface area contributed by atoms with E-state index in [4.69, 9.17) is 16.3 Å². The molecule has 3 fully saturated rings. The number of rotatable bonds is 6. The van der Waals surface area contributed by atoms with Gasteiger partial charge >= 0.3 is 0 Å². The number of hydrogen-bond donors (Lipinski definition) is 2. The second kappa shape index (κ2) is 8.78. The first-order chi connectivity index (χ1) is 13.7. The van der Waals surface area contributed by atoms with E-state index in [0.29, 0.717) is 6.04 Å². The summed E-state index contributed by atoms with van der Waals surface area (Å²) in [5.74, 6) is 2.51.